The molecule has 1 unspecified atom stereocenters. The summed E-state index contributed by atoms with van der Waals surface area (Å²) in [6.07, 6.45) is 3.44. The molecule has 0 bridgehead atoms. The Bertz CT molecular complexity index is 1230. The monoisotopic (exact) mass is 644 g/mol. The number of piperidine rings is 1. The molecule has 0 aromatic rings. The summed E-state index contributed by atoms with van der Waals surface area (Å²) in [5.41, 5.74) is -1.27. The van der Waals surface area contributed by atoms with Crippen molar-refractivity contribution in [3.05, 3.63) is 12.7 Å². The molecule has 12 heteroatoms. The number of amides is 6. The minimum atomic E-state index is -1.04. The number of likely N-dealkylation sites (tertiary alicyclic amines) is 1. The first kappa shape index (κ1) is 37.0. The van der Waals surface area contributed by atoms with E-state index in [4.69, 9.17) is 0 Å². The molecular formula is C34H56N6O6. The van der Waals surface area contributed by atoms with Crippen LogP contribution in [0.4, 0.5) is 4.79 Å². The summed E-state index contributed by atoms with van der Waals surface area (Å²) in [6, 6.07) is -3.79. The zero-order valence-electron chi connectivity index (χ0n) is 29.4. The van der Waals surface area contributed by atoms with E-state index >= 15 is 0 Å². The maximum Gasteiger partial charge on any atom is 0.315 e. The van der Waals surface area contributed by atoms with E-state index in [1.807, 2.05) is 41.5 Å². The lowest BCUT2D eigenvalue weighted by molar-refractivity contribution is -0.145. The summed E-state index contributed by atoms with van der Waals surface area (Å²) < 4.78 is 0. The lowest BCUT2D eigenvalue weighted by atomic mass is 9.85. The van der Waals surface area contributed by atoms with Crippen molar-refractivity contribution in [2.75, 3.05) is 26.7 Å². The molecule has 6 amide bonds. The van der Waals surface area contributed by atoms with Crippen molar-refractivity contribution >= 4 is 35.4 Å². The lowest BCUT2D eigenvalue weighted by Crippen LogP contribution is -2.62. The van der Waals surface area contributed by atoms with Crippen molar-refractivity contribution in [1.82, 2.24) is 31.1 Å². The third kappa shape index (κ3) is 8.28. The van der Waals surface area contributed by atoms with Gasteiger partial charge in [0.25, 0.3) is 5.91 Å². The second-order valence-electron chi connectivity index (χ2n) is 16.0. The highest BCUT2D eigenvalue weighted by molar-refractivity contribution is 6.38. The molecule has 6 atom stereocenters. The van der Waals surface area contributed by atoms with E-state index in [1.165, 1.54) is 11.0 Å². The van der Waals surface area contributed by atoms with Gasteiger partial charge in [-0.25, -0.2) is 4.79 Å². The van der Waals surface area contributed by atoms with E-state index in [0.717, 1.165) is 12.8 Å². The van der Waals surface area contributed by atoms with Gasteiger partial charge >= 0.3 is 6.03 Å². The first-order valence-electron chi connectivity index (χ1n) is 16.5. The molecule has 0 aromatic heterocycles. The van der Waals surface area contributed by atoms with Gasteiger partial charge in [0, 0.05) is 32.6 Å². The van der Waals surface area contributed by atoms with Gasteiger partial charge < -0.3 is 31.1 Å². The summed E-state index contributed by atoms with van der Waals surface area (Å²) in [6.45, 7) is 21.6. The third-order valence-electron chi connectivity index (χ3n) is 9.93. The fraction of sp³-hybridized carbons (Fsp3) is 0.765. The van der Waals surface area contributed by atoms with Crippen molar-refractivity contribution in [2.45, 2.75) is 106 Å². The molecule has 4 N–H and O–H groups in total. The highest BCUT2D eigenvalue weighted by Gasteiger charge is 2.70. The number of hydrogen-bond donors (Lipinski definition) is 4. The van der Waals surface area contributed by atoms with Crippen LogP contribution in [0.2, 0.25) is 0 Å². The van der Waals surface area contributed by atoms with E-state index < -0.39 is 47.2 Å². The zero-order valence-corrected chi connectivity index (χ0v) is 29.4. The number of carbonyl (C=O) groups is 6. The van der Waals surface area contributed by atoms with Gasteiger partial charge in [-0.15, -0.1) is 6.58 Å². The number of rotatable bonds is 13. The molecule has 3 aliphatic rings. The van der Waals surface area contributed by atoms with Crippen LogP contribution in [0.25, 0.3) is 0 Å². The smallest absolute Gasteiger partial charge is 0.315 e. The molecule has 1 heterocycles. The van der Waals surface area contributed by atoms with Crippen LogP contribution in [0.5, 0.6) is 0 Å². The van der Waals surface area contributed by atoms with Crippen molar-refractivity contribution < 1.29 is 28.8 Å². The summed E-state index contributed by atoms with van der Waals surface area (Å²) >= 11 is 0. The van der Waals surface area contributed by atoms with Gasteiger partial charge in [0.05, 0.1) is 12.1 Å². The minimum Gasteiger partial charge on any atom is -0.346 e. The number of carbonyl (C=O) groups excluding carboxylic acids is 6. The fourth-order valence-electron chi connectivity index (χ4n) is 6.52. The third-order valence-corrected chi connectivity index (χ3v) is 9.93. The van der Waals surface area contributed by atoms with Crippen LogP contribution in [0.15, 0.2) is 12.7 Å². The van der Waals surface area contributed by atoms with Gasteiger partial charge in [-0.1, -0.05) is 68.4 Å². The molecule has 0 aromatic carbocycles. The van der Waals surface area contributed by atoms with Gasteiger partial charge in [-0.05, 0) is 47.3 Å². The first-order valence-corrected chi connectivity index (χ1v) is 16.5. The summed E-state index contributed by atoms with van der Waals surface area (Å²) in [5.74, 6) is -2.36. The normalized spacial score (nSPS) is 23.6. The van der Waals surface area contributed by atoms with E-state index in [1.54, 1.807) is 18.9 Å². The Morgan fingerprint density at radius 1 is 0.978 bits per heavy atom. The number of likely N-dealkylation sites (N-methyl/N-ethyl adjacent to an activating group) is 1. The van der Waals surface area contributed by atoms with Crippen LogP contribution in [0.1, 0.15) is 81.6 Å². The van der Waals surface area contributed by atoms with Crippen LogP contribution < -0.4 is 21.3 Å². The average molecular weight is 645 g/mol. The van der Waals surface area contributed by atoms with Crippen molar-refractivity contribution in [1.29, 1.82) is 0 Å². The van der Waals surface area contributed by atoms with Crippen molar-refractivity contribution in [3.63, 3.8) is 0 Å². The van der Waals surface area contributed by atoms with Crippen molar-refractivity contribution in [2.24, 2.45) is 34.0 Å². The topological polar surface area (TPSA) is 157 Å². The van der Waals surface area contributed by atoms with Crippen molar-refractivity contribution in [3.8, 4) is 0 Å². The largest absolute Gasteiger partial charge is 0.346 e. The Hall–Kier alpha value is -3.44. The van der Waals surface area contributed by atoms with Gasteiger partial charge in [-0.2, -0.15) is 0 Å². The molecule has 1 aliphatic heterocycles. The maximum absolute atomic E-state index is 14.3. The molecule has 12 nitrogen and oxygen atoms in total. The van der Waals surface area contributed by atoms with Crippen LogP contribution in [0, 0.1) is 34.0 Å². The maximum atomic E-state index is 14.3. The van der Waals surface area contributed by atoms with Crippen LogP contribution in [-0.2, 0) is 24.0 Å². The first-order chi connectivity index (χ1) is 21.2. The Labute approximate surface area is 274 Å². The predicted octanol–water partition coefficient (Wildman–Crippen LogP) is 2.23. The van der Waals surface area contributed by atoms with Gasteiger partial charge in [0.1, 0.15) is 12.1 Å². The average Bonchev–Trinajstić information content (AvgIpc) is 3.83. The number of nitrogens with zero attached hydrogens (tertiary/aromatic N) is 2. The zero-order chi connectivity index (χ0) is 34.9. The number of fused-ring (bicyclic) bond motifs is 1. The number of urea groups is 1. The second kappa shape index (κ2) is 13.7. The van der Waals surface area contributed by atoms with Gasteiger partial charge in [-0.3, -0.25) is 24.0 Å². The number of nitrogens with one attached hydrogen (secondary N) is 4. The molecule has 3 rings (SSSR count). The van der Waals surface area contributed by atoms with E-state index in [-0.39, 0.29) is 59.4 Å². The number of ketones is 1. The van der Waals surface area contributed by atoms with E-state index in [0.29, 0.717) is 13.1 Å². The highest BCUT2D eigenvalue weighted by Crippen LogP contribution is 2.65. The number of hydrogen-bond acceptors (Lipinski definition) is 6. The number of Topliss-reactive ketones (excluding diaryl/α,β-unsaturated/α-hetero) is 1. The molecule has 2 aliphatic carbocycles. The lowest BCUT2D eigenvalue weighted by Gasteiger charge is -2.39. The molecule has 46 heavy (non-hydrogen) atoms. The van der Waals surface area contributed by atoms with E-state index in [2.05, 4.69) is 41.7 Å². The highest BCUT2D eigenvalue weighted by atomic mass is 16.2. The summed E-state index contributed by atoms with van der Waals surface area (Å²) in [7, 11) is 1.75. The Morgan fingerprint density at radius 2 is 1.59 bits per heavy atom. The van der Waals surface area contributed by atoms with E-state index in [9.17, 15) is 28.8 Å². The molecule has 3 fully saturated rings. The van der Waals surface area contributed by atoms with Crippen LogP contribution in [0.3, 0.4) is 0 Å². The second-order valence-corrected chi connectivity index (χ2v) is 16.0. The predicted molar refractivity (Wildman–Crippen MR) is 175 cm³/mol. The standard InChI is InChI=1S/C34H56N6O6/c1-12-16-35-28(43)25(41)21(13-2)36-27(42)24-23-20(34(23,9)10)17-40(24)30(45)26(33(6,7)8)38-31(46)37-22(32(3,4)5)18-39(11)29(44)19-14-15-19/h12,19-24,26H,1,13-18H2,2-11H3,(H,35,43)(H,36,42)(H2,37,38,46)/t20-,21?,22+,23-,24-,26+/m0/s1. The Balaban J connectivity index is 1.78. The summed E-state index contributed by atoms with van der Waals surface area (Å²) in [4.78, 5) is 82.6. The Morgan fingerprint density at radius 3 is 2.09 bits per heavy atom. The fourth-order valence-corrected chi connectivity index (χ4v) is 6.52. The molecule has 0 radical (unpaired) electrons. The summed E-state index contributed by atoms with van der Waals surface area (Å²) in [5, 5.41) is 11.1. The molecule has 2 saturated carbocycles. The molecular weight excluding hydrogens is 588 g/mol. The Kier molecular flexibility index (Phi) is 11.1. The van der Waals surface area contributed by atoms with Crippen LogP contribution >= 0.6 is 0 Å². The molecule has 1 saturated heterocycles. The van der Waals surface area contributed by atoms with Crippen LogP contribution in [-0.4, -0.2) is 96.1 Å². The molecule has 258 valence electrons. The SMILES string of the molecule is C=CCNC(=O)C(=O)C(CC)NC(=O)[C@@H]1[C@@H]2[C@H](CN1C(=O)[C@@H](NC(=O)N[C@H](CN(C)C(=O)C1CC1)C(C)(C)C)C(C)(C)C)C2(C)C. The quantitative estimate of drug-likeness (QED) is 0.178. The van der Waals surface area contributed by atoms with Gasteiger partial charge in [0.2, 0.25) is 23.5 Å². The van der Waals surface area contributed by atoms with Gasteiger partial charge in [0.15, 0.2) is 0 Å². The minimum absolute atomic E-state index is 0.0595. The molecule has 0 spiro atoms.